The van der Waals surface area contributed by atoms with Gasteiger partial charge in [-0.1, -0.05) is 83.6 Å². The van der Waals surface area contributed by atoms with E-state index in [1.165, 1.54) is 11.8 Å². The van der Waals surface area contributed by atoms with E-state index < -0.39 is 0 Å². The summed E-state index contributed by atoms with van der Waals surface area (Å²) in [7, 11) is 0. The molecule has 0 spiro atoms. The number of nitrogens with zero attached hydrogens (tertiary/aromatic N) is 5. The Morgan fingerprint density at radius 1 is 0.824 bits per heavy atom. The quantitative estimate of drug-likeness (QED) is 0.306. The molecule has 3 aromatic carbocycles. The van der Waals surface area contributed by atoms with E-state index in [1.807, 2.05) is 78.9 Å². The summed E-state index contributed by atoms with van der Waals surface area (Å²) in [4.78, 5) is 4.53. The smallest absolute Gasteiger partial charge is 0.237 e. The standard InChI is InChI=1S/C25H19N5O3S/c1-3-7-18(8-4-1)23-26-22(33-29-23)15-34-25-28-27-24(19-9-5-2-6-10-19)30(25)14-17-11-12-20-21(13-17)32-16-31-20/h1-13H,14-16H2. The highest BCUT2D eigenvalue weighted by Crippen LogP contribution is 2.34. The van der Waals surface area contributed by atoms with Gasteiger partial charge in [-0.3, -0.25) is 4.57 Å². The van der Waals surface area contributed by atoms with E-state index in [2.05, 4.69) is 24.9 Å². The Labute approximate surface area is 199 Å². The van der Waals surface area contributed by atoms with E-state index in [0.717, 1.165) is 39.2 Å². The van der Waals surface area contributed by atoms with Crippen molar-refractivity contribution in [2.75, 3.05) is 6.79 Å². The number of thioether (sulfide) groups is 1. The second-order valence-electron chi connectivity index (χ2n) is 7.61. The molecule has 6 rings (SSSR count). The first kappa shape index (κ1) is 20.5. The Bertz CT molecular complexity index is 1420. The van der Waals surface area contributed by atoms with Crippen LogP contribution in [0.4, 0.5) is 0 Å². The first-order valence-corrected chi connectivity index (χ1v) is 11.7. The molecule has 34 heavy (non-hydrogen) atoms. The van der Waals surface area contributed by atoms with Gasteiger partial charge in [0.15, 0.2) is 22.5 Å². The van der Waals surface area contributed by atoms with Crippen molar-refractivity contribution in [1.82, 2.24) is 24.9 Å². The molecule has 168 valence electrons. The third kappa shape index (κ3) is 4.13. The number of rotatable bonds is 7. The molecule has 0 bridgehead atoms. The molecule has 0 saturated carbocycles. The van der Waals surface area contributed by atoms with Crippen molar-refractivity contribution in [3.8, 4) is 34.3 Å². The van der Waals surface area contributed by atoms with Gasteiger partial charge in [-0.05, 0) is 17.7 Å². The van der Waals surface area contributed by atoms with E-state index in [4.69, 9.17) is 14.0 Å². The highest BCUT2D eigenvalue weighted by Gasteiger charge is 2.19. The van der Waals surface area contributed by atoms with E-state index in [-0.39, 0.29) is 6.79 Å². The maximum absolute atomic E-state index is 5.55. The molecule has 0 radical (unpaired) electrons. The summed E-state index contributed by atoms with van der Waals surface area (Å²) < 4.78 is 18.6. The van der Waals surface area contributed by atoms with Crippen molar-refractivity contribution < 1.29 is 14.0 Å². The molecule has 1 aliphatic rings. The minimum atomic E-state index is 0.247. The molecular weight excluding hydrogens is 450 g/mol. The highest BCUT2D eigenvalue weighted by atomic mass is 32.2. The summed E-state index contributed by atoms with van der Waals surface area (Å²) in [6.45, 7) is 0.826. The van der Waals surface area contributed by atoms with Crippen molar-refractivity contribution in [2.24, 2.45) is 0 Å². The van der Waals surface area contributed by atoms with Gasteiger partial charge < -0.3 is 14.0 Å². The summed E-state index contributed by atoms with van der Waals surface area (Å²) in [6, 6.07) is 25.7. The Kier molecular flexibility index (Phi) is 5.44. The topological polar surface area (TPSA) is 88.1 Å². The summed E-state index contributed by atoms with van der Waals surface area (Å²) in [5.74, 6) is 3.88. The number of aromatic nitrogens is 5. The van der Waals surface area contributed by atoms with E-state index in [9.17, 15) is 0 Å². The lowest BCUT2D eigenvalue weighted by molar-refractivity contribution is 0.174. The van der Waals surface area contributed by atoms with Crippen molar-refractivity contribution in [1.29, 1.82) is 0 Å². The summed E-state index contributed by atoms with van der Waals surface area (Å²) in [6.07, 6.45) is 0. The van der Waals surface area contributed by atoms with E-state index >= 15 is 0 Å². The Hall–Kier alpha value is -4.11. The number of benzene rings is 3. The van der Waals surface area contributed by atoms with Gasteiger partial charge in [0.1, 0.15) is 0 Å². The van der Waals surface area contributed by atoms with E-state index in [0.29, 0.717) is 24.0 Å². The second kappa shape index (κ2) is 9.03. The molecule has 9 heteroatoms. The van der Waals surface area contributed by atoms with Crippen LogP contribution in [-0.2, 0) is 12.3 Å². The van der Waals surface area contributed by atoms with Crippen molar-refractivity contribution >= 4 is 11.8 Å². The first-order valence-electron chi connectivity index (χ1n) is 10.7. The molecule has 0 atom stereocenters. The molecular formula is C25H19N5O3S. The van der Waals surface area contributed by atoms with Crippen LogP contribution < -0.4 is 9.47 Å². The fraction of sp³-hybridized carbons (Fsp3) is 0.120. The molecule has 0 aliphatic carbocycles. The average Bonchev–Trinajstić information content (AvgIpc) is 3.64. The molecule has 0 unspecified atom stereocenters. The zero-order chi connectivity index (χ0) is 22.7. The minimum Gasteiger partial charge on any atom is -0.454 e. The van der Waals surface area contributed by atoms with Gasteiger partial charge in [0.25, 0.3) is 0 Å². The van der Waals surface area contributed by atoms with Crippen molar-refractivity contribution in [2.45, 2.75) is 17.5 Å². The van der Waals surface area contributed by atoms with Crippen LogP contribution in [0, 0.1) is 0 Å². The fourth-order valence-electron chi connectivity index (χ4n) is 3.70. The van der Waals surface area contributed by atoms with Crippen LogP contribution in [-0.4, -0.2) is 31.7 Å². The molecule has 3 heterocycles. The van der Waals surface area contributed by atoms with Crippen LogP contribution in [0.1, 0.15) is 11.5 Å². The molecule has 0 saturated heterocycles. The third-order valence-corrected chi connectivity index (χ3v) is 6.30. The normalized spacial score (nSPS) is 12.2. The van der Waals surface area contributed by atoms with Gasteiger partial charge in [0.05, 0.1) is 12.3 Å². The SMILES string of the molecule is c1ccc(-c2noc(CSc3nnc(-c4ccccc4)n3Cc3ccc4c(c3)OCO4)n2)cc1. The Morgan fingerprint density at radius 3 is 2.41 bits per heavy atom. The third-order valence-electron chi connectivity index (χ3n) is 5.35. The predicted octanol–water partition coefficient (Wildman–Crippen LogP) is 5.06. The minimum absolute atomic E-state index is 0.247. The molecule has 1 aliphatic heterocycles. The van der Waals surface area contributed by atoms with Crippen LogP contribution in [0.5, 0.6) is 11.5 Å². The largest absolute Gasteiger partial charge is 0.454 e. The zero-order valence-electron chi connectivity index (χ0n) is 18.0. The van der Waals surface area contributed by atoms with Crippen LogP contribution in [0.2, 0.25) is 0 Å². The van der Waals surface area contributed by atoms with Gasteiger partial charge >= 0.3 is 0 Å². The van der Waals surface area contributed by atoms with Crippen molar-refractivity contribution in [3.05, 3.63) is 90.3 Å². The summed E-state index contributed by atoms with van der Waals surface area (Å²) in [5.41, 5.74) is 2.97. The maximum Gasteiger partial charge on any atom is 0.237 e. The lowest BCUT2D eigenvalue weighted by atomic mass is 10.2. The van der Waals surface area contributed by atoms with Crippen LogP contribution in [0.3, 0.4) is 0 Å². The summed E-state index contributed by atoms with van der Waals surface area (Å²) in [5, 5.41) is 13.8. The first-order chi connectivity index (χ1) is 16.8. The van der Waals surface area contributed by atoms with E-state index in [1.54, 1.807) is 0 Å². The number of hydrogen-bond acceptors (Lipinski definition) is 8. The fourth-order valence-corrected chi connectivity index (χ4v) is 4.48. The number of ether oxygens (including phenoxy) is 2. The Balaban J connectivity index is 1.27. The van der Waals surface area contributed by atoms with Gasteiger partial charge in [-0.25, -0.2) is 0 Å². The van der Waals surface area contributed by atoms with Gasteiger partial charge in [0.2, 0.25) is 18.5 Å². The zero-order valence-corrected chi connectivity index (χ0v) is 18.8. The molecule has 8 nitrogen and oxygen atoms in total. The van der Waals surface area contributed by atoms with Crippen molar-refractivity contribution in [3.63, 3.8) is 0 Å². The molecule has 2 aromatic heterocycles. The van der Waals surface area contributed by atoms with Crippen LogP contribution in [0.25, 0.3) is 22.8 Å². The average molecular weight is 470 g/mol. The lowest BCUT2D eigenvalue weighted by Crippen LogP contribution is -2.04. The number of hydrogen-bond donors (Lipinski definition) is 0. The molecule has 0 N–H and O–H groups in total. The lowest BCUT2D eigenvalue weighted by Gasteiger charge is -2.10. The van der Waals surface area contributed by atoms with Gasteiger partial charge in [-0.15, -0.1) is 10.2 Å². The van der Waals surface area contributed by atoms with Crippen LogP contribution >= 0.6 is 11.8 Å². The molecule has 0 amide bonds. The Morgan fingerprint density at radius 2 is 1.59 bits per heavy atom. The predicted molar refractivity (Wildman–Crippen MR) is 126 cm³/mol. The van der Waals surface area contributed by atoms with Crippen LogP contribution in [0.15, 0.2) is 88.5 Å². The highest BCUT2D eigenvalue weighted by molar-refractivity contribution is 7.98. The molecule has 0 fully saturated rings. The number of fused-ring (bicyclic) bond motifs is 1. The monoisotopic (exact) mass is 469 g/mol. The maximum atomic E-state index is 5.55. The van der Waals surface area contributed by atoms with Gasteiger partial charge in [0, 0.05) is 11.1 Å². The summed E-state index contributed by atoms with van der Waals surface area (Å²) >= 11 is 1.51. The second-order valence-corrected chi connectivity index (χ2v) is 8.55. The molecule has 5 aromatic rings. The van der Waals surface area contributed by atoms with Gasteiger partial charge in [-0.2, -0.15) is 4.98 Å².